The van der Waals surface area contributed by atoms with E-state index in [-0.39, 0.29) is 6.42 Å². The van der Waals surface area contributed by atoms with Gasteiger partial charge in [-0.15, -0.1) is 0 Å². The molecule has 0 aromatic heterocycles. The largest absolute Gasteiger partial charge is 0.394 e. The number of nitrogens with one attached hydrogen (secondary N) is 5. The smallest absolute Gasteiger partial charge is 0.222 e. The summed E-state index contributed by atoms with van der Waals surface area (Å²) < 4.78 is 114. The molecule has 0 radical (unpaired) electrons. The van der Waals surface area contributed by atoms with Crippen LogP contribution in [0, 0.1) is 0 Å². The number of carbonyl (C=O) groups excluding carboxylic acids is 5. The minimum absolute atomic E-state index is 0.128. The maximum Gasteiger partial charge on any atom is 0.222 e. The molecule has 10 aliphatic rings. The van der Waals surface area contributed by atoms with Crippen molar-refractivity contribution < 1.29 is 247 Å². The average molecular weight is 1900 g/mol. The summed E-state index contributed by atoms with van der Waals surface area (Å²) in [7, 11) is 0. The quantitative estimate of drug-likeness (QED) is 0.0257. The number of rotatable bonds is 37. The van der Waals surface area contributed by atoms with Crippen LogP contribution in [0.25, 0.3) is 0 Å². The van der Waals surface area contributed by atoms with Crippen molar-refractivity contribution in [3.63, 3.8) is 0 Å². The van der Waals surface area contributed by atoms with Crippen molar-refractivity contribution in [2.45, 2.75) is 367 Å². The van der Waals surface area contributed by atoms with Crippen LogP contribution in [0.1, 0.15) is 60.3 Å². The third-order valence-corrected chi connectivity index (χ3v) is 23.9. The molecule has 0 bridgehead atoms. The first-order chi connectivity index (χ1) is 61.6. The molecule has 33 N–H and O–H groups in total. The van der Waals surface area contributed by atoms with Gasteiger partial charge in [-0.2, -0.15) is 0 Å². The first kappa shape index (κ1) is 108. The van der Waals surface area contributed by atoms with Crippen LogP contribution in [-0.2, 0) is 114 Å². The fraction of sp³-hybridized carbons (Fsp3) is 0.932. The molecule has 10 rings (SSSR count). The van der Waals surface area contributed by atoms with Gasteiger partial charge in [0, 0.05) is 34.1 Å². The SMILES string of the molecule is CC(=O)N[C@@H]1[C@@H](O)[C@H](O[C@@H]2O[C@H](CO)[C@@H](O[C@@H]3O[C@H](CO[C@H]4O[C@H](CO)[C@@H](O)[C@H](O)[C@@H]4O[C@@H]4O[C@H](CO)[C@@H](O[C@@H]5O[C@H](CO)[C@H](O)[C@H](O)[C@H]5O)[C@H](O)[C@H]4NC(C)=O)[C@@H](O)[C@H](O[C@H]4O[C@H](CO)[C@@H](O)[C@H](O)[C@@H]4O[C@@H]4O[C@H](CO)[C@@H](O[C@@H]5O[C@H](CO)[C@H](O)[C@H](O)[C@H]5O)[C@H](O)[C@H]4NC(C)=O)[C@@H]3O)[C@H](O)[C@H]2NC(C)=O)[C@@H](CO[C@@H]2O[C@@H](C)[C@@H](O)[C@@H](O)[C@@H]2O)O[C@H]1NC(=O)CCCCCN. The molecular formula is C74H126N6O50. The van der Waals surface area contributed by atoms with Crippen LogP contribution in [0.2, 0.25) is 0 Å². The lowest BCUT2D eigenvalue weighted by atomic mass is 9.93. The summed E-state index contributed by atoms with van der Waals surface area (Å²) >= 11 is 0. The summed E-state index contributed by atoms with van der Waals surface area (Å²) in [5.74, 6) is -4.41. The molecule has 10 aliphatic heterocycles. The molecule has 0 saturated carbocycles. The van der Waals surface area contributed by atoms with Crippen molar-refractivity contribution in [3.05, 3.63) is 0 Å². The average Bonchev–Trinajstić information content (AvgIpc) is 0.760. The maximum atomic E-state index is 13.6. The van der Waals surface area contributed by atoms with Gasteiger partial charge in [-0.05, 0) is 26.3 Å². The molecule has 0 aliphatic carbocycles. The van der Waals surface area contributed by atoms with Crippen molar-refractivity contribution in [1.82, 2.24) is 26.6 Å². The van der Waals surface area contributed by atoms with Crippen LogP contribution >= 0.6 is 0 Å². The number of aliphatic hydroxyl groups is 26. The summed E-state index contributed by atoms with van der Waals surface area (Å²) in [6.45, 7) is -4.52. The van der Waals surface area contributed by atoms with Crippen LogP contribution in [-0.4, -0.2) is 535 Å². The Morgan fingerprint density at radius 3 is 0.985 bits per heavy atom. The standard InChI is InChI=1S/C74H126N6O50/c1-20-39(93)49(103)54(108)69(114-20)112-19-33-61(45(99)35(76-21(2)88)65(115-33)80-34(92)9-7-6-8-10-75)124-66-36(77-22(3)89)46(100)60(31(17-87)120-66)127-72-57(111)62(128-74-64(53(107)43(97)28(14-84)119-74)130-68-38(79-24(5)91)48(102)59(30(16-86)122-68)126-71-56(110)51(105)41(95)26(12-82)117-71)44(98)32(123-72)18-113-73-63(52(106)42(96)27(13-83)118-73)129-67-37(78-23(4)90)47(101)58(29(15-85)121-67)125-70-55(109)50(104)40(94)25(11-81)116-70/h20,25-33,35-74,81-87,93-111H,6-19,75H2,1-5H3,(H,76,88)(H,77,89)(H,78,90)(H,79,91)(H,80,92)/t20-,25+,26+,27+,28+,29+,30+,31+,32+,33+,35+,36+,37+,38+,39+,40-,41-,42+,43+,44+,45+,46+,47+,48+,49+,50-,51-,52-,53-,54-,55+,56+,57-,58+,59+,60+,61+,62-,63-,64-,65+,66-,67-,68-,69+,70-,71-,72-,73-,74+/m0/s1. The van der Waals surface area contributed by atoms with E-state index in [0.29, 0.717) is 25.8 Å². The zero-order chi connectivity index (χ0) is 95.6. The number of amides is 5. The number of unbranched alkanes of at least 4 members (excludes halogenated alkanes) is 2. The van der Waals surface area contributed by atoms with Gasteiger partial charge in [0.2, 0.25) is 29.5 Å². The van der Waals surface area contributed by atoms with Gasteiger partial charge < -0.3 is 255 Å². The molecule has 5 amide bonds. The first-order valence-corrected chi connectivity index (χ1v) is 42.2. The second-order valence-corrected chi connectivity index (χ2v) is 33.2. The third-order valence-electron chi connectivity index (χ3n) is 23.9. The second-order valence-electron chi connectivity index (χ2n) is 33.2. The topological polar surface area (TPSA) is 873 Å². The fourth-order valence-corrected chi connectivity index (χ4v) is 16.8. The fourth-order valence-electron chi connectivity index (χ4n) is 16.8. The summed E-state index contributed by atoms with van der Waals surface area (Å²) in [6, 6.07) is -7.63. The van der Waals surface area contributed by atoms with Crippen LogP contribution in [0.5, 0.6) is 0 Å². The van der Waals surface area contributed by atoms with Crippen LogP contribution < -0.4 is 32.3 Å². The van der Waals surface area contributed by atoms with E-state index < -0.39 is 396 Å². The number of nitrogens with two attached hydrogens (primary N) is 1. The predicted molar refractivity (Wildman–Crippen MR) is 408 cm³/mol. The Morgan fingerprint density at radius 2 is 0.569 bits per heavy atom. The zero-order valence-corrected chi connectivity index (χ0v) is 70.8. The zero-order valence-electron chi connectivity index (χ0n) is 70.8. The number of ether oxygens (including phenoxy) is 19. The summed E-state index contributed by atoms with van der Waals surface area (Å²) in [6.07, 6.45) is -94.1. The van der Waals surface area contributed by atoms with E-state index in [9.17, 15) is 157 Å². The molecule has 50 atom stereocenters. The molecule has 0 spiro atoms. The molecule has 10 saturated heterocycles. The van der Waals surface area contributed by atoms with Crippen molar-refractivity contribution >= 4 is 29.5 Å². The van der Waals surface area contributed by atoms with Crippen LogP contribution in [0.3, 0.4) is 0 Å². The van der Waals surface area contributed by atoms with Gasteiger partial charge >= 0.3 is 0 Å². The molecule has 10 fully saturated rings. The third kappa shape index (κ3) is 24.8. The highest BCUT2D eigenvalue weighted by Crippen LogP contribution is 2.41. The van der Waals surface area contributed by atoms with E-state index >= 15 is 0 Å². The van der Waals surface area contributed by atoms with E-state index in [1.807, 2.05) is 0 Å². The van der Waals surface area contributed by atoms with Gasteiger partial charge in [-0.3, -0.25) is 24.0 Å². The van der Waals surface area contributed by atoms with E-state index in [0.717, 1.165) is 27.7 Å². The summed E-state index contributed by atoms with van der Waals surface area (Å²) in [4.78, 5) is 66.0. The van der Waals surface area contributed by atoms with E-state index in [2.05, 4.69) is 26.6 Å². The normalized spacial score (nSPS) is 47.3. The van der Waals surface area contributed by atoms with Crippen molar-refractivity contribution in [1.29, 1.82) is 0 Å². The van der Waals surface area contributed by atoms with Gasteiger partial charge in [0.05, 0.1) is 65.6 Å². The lowest BCUT2D eigenvalue weighted by Gasteiger charge is -2.51. The Bertz CT molecular complexity index is 3520. The monoisotopic (exact) mass is 1900 g/mol. The number of carbonyl (C=O) groups is 5. The number of aliphatic hydroxyl groups excluding tert-OH is 26. The van der Waals surface area contributed by atoms with Crippen molar-refractivity contribution in [2.75, 3.05) is 66.0 Å². The van der Waals surface area contributed by atoms with E-state index in [1.165, 1.54) is 6.92 Å². The highest BCUT2D eigenvalue weighted by molar-refractivity contribution is 5.77. The first-order valence-electron chi connectivity index (χ1n) is 42.2. The van der Waals surface area contributed by atoms with Gasteiger partial charge in [0.25, 0.3) is 0 Å². The molecule has 130 heavy (non-hydrogen) atoms. The maximum absolute atomic E-state index is 13.6. The molecule has 10 heterocycles. The van der Waals surface area contributed by atoms with Crippen LogP contribution in [0.15, 0.2) is 0 Å². The Balaban J connectivity index is 0.995. The summed E-state index contributed by atoms with van der Waals surface area (Å²) in [5, 5.41) is 305. The van der Waals surface area contributed by atoms with E-state index in [4.69, 9.17) is 95.7 Å². The van der Waals surface area contributed by atoms with Crippen molar-refractivity contribution in [3.8, 4) is 0 Å². The van der Waals surface area contributed by atoms with Gasteiger partial charge in [-0.25, -0.2) is 0 Å². The molecule has 0 aromatic rings. The van der Waals surface area contributed by atoms with Crippen molar-refractivity contribution in [2.24, 2.45) is 5.73 Å². The molecule has 752 valence electrons. The molecular weight excluding hydrogens is 1770 g/mol. The van der Waals surface area contributed by atoms with E-state index in [1.54, 1.807) is 0 Å². The predicted octanol–water partition coefficient (Wildman–Crippen LogP) is -20.6. The van der Waals surface area contributed by atoms with Gasteiger partial charge in [0.1, 0.15) is 238 Å². The lowest BCUT2D eigenvalue weighted by Crippen LogP contribution is -2.72. The molecule has 0 unspecified atom stereocenters. The van der Waals surface area contributed by atoms with Gasteiger partial charge in [0.15, 0.2) is 62.8 Å². The van der Waals surface area contributed by atoms with Crippen LogP contribution in [0.4, 0.5) is 0 Å². The lowest BCUT2D eigenvalue weighted by molar-refractivity contribution is -0.399. The molecule has 56 nitrogen and oxygen atoms in total. The highest BCUT2D eigenvalue weighted by Gasteiger charge is 2.62. The highest BCUT2D eigenvalue weighted by atomic mass is 16.8. The summed E-state index contributed by atoms with van der Waals surface area (Å²) in [5.41, 5.74) is 5.65. The minimum atomic E-state index is -2.64. The Hall–Kier alpha value is -4.49. The van der Waals surface area contributed by atoms with Gasteiger partial charge in [-0.1, -0.05) is 6.42 Å². The minimum Gasteiger partial charge on any atom is -0.394 e. The molecule has 0 aromatic carbocycles. The molecule has 56 heteroatoms. The second kappa shape index (κ2) is 48.2. The Morgan fingerprint density at radius 1 is 0.262 bits per heavy atom. The number of hydrogen-bond donors (Lipinski definition) is 32. The number of hydrogen-bond acceptors (Lipinski definition) is 51. The Kier molecular flexibility index (Phi) is 39.9. The Labute approximate surface area is 739 Å².